The third-order valence-electron chi connectivity index (χ3n) is 3.93. The zero-order valence-corrected chi connectivity index (χ0v) is 12.6. The Hall–Kier alpha value is -1.68. The predicted octanol–water partition coefficient (Wildman–Crippen LogP) is 0.357. The molecule has 114 valence electrons. The molecule has 6 nitrogen and oxygen atoms in total. The van der Waals surface area contributed by atoms with Crippen molar-refractivity contribution in [1.82, 2.24) is 4.90 Å². The number of esters is 1. The highest BCUT2D eigenvalue weighted by atomic mass is 32.2. The molecule has 0 aromatic carbocycles. The van der Waals surface area contributed by atoms with Crippen LogP contribution < -0.4 is 0 Å². The van der Waals surface area contributed by atoms with Gasteiger partial charge in [0, 0.05) is 18.2 Å². The third-order valence-corrected chi connectivity index (χ3v) is 5.14. The maximum Gasteiger partial charge on any atom is 0.327 e. The molecule has 2 aliphatic rings. The Kier molecular flexibility index (Phi) is 4.47. The molecule has 2 unspecified atom stereocenters. The zero-order valence-electron chi connectivity index (χ0n) is 11.8. The first-order valence-electron chi connectivity index (χ1n) is 6.65. The van der Waals surface area contributed by atoms with Crippen LogP contribution in [0.25, 0.3) is 0 Å². The van der Waals surface area contributed by atoms with Crippen LogP contribution in [0.1, 0.15) is 20.3 Å². The molecule has 0 aromatic rings. The highest BCUT2D eigenvalue weighted by Crippen LogP contribution is 2.45. The van der Waals surface area contributed by atoms with E-state index >= 15 is 0 Å². The van der Waals surface area contributed by atoms with Crippen molar-refractivity contribution in [3.8, 4) is 12.3 Å². The molecule has 1 amide bonds. The number of hydrogen-bond donors (Lipinski definition) is 1. The fourth-order valence-electron chi connectivity index (χ4n) is 3.18. The van der Waals surface area contributed by atoms with Crippen molar-refractivity contribution in [1.29, 1.82) is 0 Å². The number of amides is 1. The molecule has 0 spiro atoms. The van der Waals surface area contributed by atoms with Crippen molar-refractivity contribution in [2.75, 3.05) is 5.75 Å². The summed E-state index contributed by atoms with van der Waals surface area (Å²) in [4.78, 5) is 36.1. The van der Waals surface area contributed by atoms with E-state index < -0.39 is 30.0 Å². The van der Waals surface area contributed by atoms with Crippen LogP contribution in [0.2, 0.25) is 0 Å². The molecule has 7 heteroatoms. The highest BCUT2D eigenvalue weighted by molar-refractivity contribution is 8.00. The summed E-state index contributed by atoms with van der Waals surface area (Å²) in [6, 6.07) is -1.04. The van der Waals surface area contributed by atoms with E-state index in [4.69, 9.17) is 11.2 Å². The van der Waals surface area contributed by atoms with Crippen molar-refractivity contribution < 1.29 is 24.2 Å². The van der Waals surface area contributed by atoms with Crippen molar-refractivity contribution in [2.45, 2.75) is 43.7 Å². The van der Waals surface area contributed by atoms with Crippen LogP contribution in [0.15, 0.2) is 0 Å². The maximum atomic E-state index is 12.2. The highest BCUT2D eigenvalue weighted by Gasteiger charge is 2.61. The van der Waals surface area contributed by atoms with Gasteiger partial charge < -0.3 is 14.7 Å². The molecular formula is C14H17NO5S. The number of hydrogen-bond acceptors (Lipinski definition) is 5. The lowest BCUT2D eigenvalue weighted by Crippen LogP contribution is -2.65. The van der Waals surface area contributed by atoms with E-state index in [-0.39, 0.29) is 17.2 Å². The Bertz CT molecular complexity index is 514. The predicted molar refractivity (Wildman–Crippen MR) is 76.5 cm³/mol. The van der Waals surface area contributed by atoms with Crippen molar-refractivity contribution in [3.63, 3.8) is 0 Å². The number of ether oxygens (including phenoxy) is 1. The van der Waals surface area contributed by atoms with Gasteiger partial charge in [-0.25, -0.2) is 4.79 Å². The van der Waals surface area contributed by atoms with Crippen LogP contribution >= 0.6 is 11.8 Å². The van der Waals surface area contributed by atoms with Crippen molar-refractivity contribution in [3.05, 3.63) is 0 Å². The van der Waals surface area contributed by atoms with Crippen molar-refractivity contribution >= 4 is 29.6 Å². The van der Waals surface area contributed by atoms with E-state index in [0.717, 1.165) is 0 Å². The van der Waals surface area contributed by atoms with Gasteiger partial charge in [-0.1, -0.05) is 5.92 Å². The number of carbonyl (C=O) groups excluding carboxylic acids is 2. The number of thioether (sulfide) groups is 1. The standard InChI is InChI=1S/C14H17NO5S/c1-4-5-21-10-6-9-11(7(2)20-8(3)16)13(17)15(9)12(10)14(18)19/h1,7,9-12H,5-6H2,2-3H3,(H,18,19)/t7-,9+,10?,11+,12?/m0/s1. The first-order chi connectivity index (χ1) is 9.88. The maximum absolute atomic E-state index is 12.2. The molecule has 1 N–H and O–H groups in total. The van der Waals surface area contributed by atoms with E-state index in [1.807, 2.05) is 0 Å². The van der Waals surface area contributed by atoms with Crippen LogP contribution in [-0.2, 0) is 19.1 Å². The summed E-state index contributed by atoms with van der Waals surface area (Å²) in [7, 11) is 0. The van der Waals surface area contributed by atoms with Gasteiger partial charge in [0.2, 0.25) is 5.91 Å². The molecule has 2 aliphatic heterocycles. The fraction of sp³-hybridized carbons (Fsp3) is 0.643. The van der Waals surface area contributed by atoms with E-state index in [9.17, 15) is 19.5 Å². The minimum absolute atomic E-state index is 0.191. The monoisotopic (exact) mass is 311 g/mol. The van der Waals surface area contributed by atoms with E-state index in [0.29, 0.717) is 12.2 Å². The van der Waals surface area contributed by atoms with Gasteiger partial charge in [0.15, 0.2) is 0 Å². The molecule has 2 fully saturated rings. The number of rotatable bonds is 5. The van der Waals surface area contributed by atoms with Crippen LogP contribution in [0.4, 0.5) is 0 Å². The van der Waals surface area contributed by atoms with Crippen LogP contribution in [-0.4, -0.2) is 57.0 Å². The van der Waals surface area contributed by atoms with Gasteiger partial charge in [0.25, 0.3) is 0 Å². The van der Waals surface area contributed by atoms with Gasteiger partial charge in [0.05, 0.1) is 11.7 Å². The molecule has 5 atom stereocenters. The average Bonchev–Trinajstić information content (AvgIpc) is 2.70. The van der Waals surface area contributed by atoms with Gasteiger partial charge in [-0.15, -0.1) is 18.2 Å². The largest absolute Gasteiger partial charge is 0.480 e. The fourth-order valence-corrected chi connectivity index (χ4v) is 4.26. The minimum atomic E-state index is -1.01. The van der Waals surface area contributed by atoms with Crippen LogP contribution in [0.5, 0.6) is 0 Å². The summed E-state index contributed by atoms with van der Waals surface area (Å²) in [6.45, 7) is 2.96. The van der Waals surface area contributed by atoms with E-state index in [2.05, 4.69) is 5.92 Å². The van der Waals surface area contributed by atoms with Gasteiger partial charge in [0.1, 0.15) is 12.1 Å². The van der Waals surface area contributed by atoms with Crippen LogP contribution in [0, 0.1) is 18.3 Å². The average molecular weight is 311 g/mol. The lowest BCUT2D eigenvalue weighted by Gasteiger charge is -2.46. The Morgan fingerprint density at radius 1 is 1.62 bits per heavy atom. The van der Waals surface area contributed by atoms with Gasteiger partial charge in [-0.3, -0.25) is 9.59 Å². The number of aliphatic carboxylic acids is 1. The number of carbonyl (C=O) groups is 3. The first-order valence-corrected chi connectivity index (χ1v) is 7.70. The van der Waals surface area contributed by atoms with Gasteiger partial charge in [-0.2, -0.15) is 0 Å². The quantitative estimate of drug-likeness (QED) is 0.448. The molecular weight excluding hydrogens is 294 g/mol. The lowest BCUT2D eigenvalue weighted by molar-refractivity contribution is -0.175. The van der Waals surface area contributed by atoms with Gasteiger partial charge >= 0.3 is 11.9 Å². The Morgan fingerprint density at radius 2 is 2.29 bits per heavy atom. The van der Waals surface area contributed by atoms with Crippen molar-refractivity contribution in [2.24, 2.45) is 5.92 Å². The molecule has 0 saturated carbocycles. The summed E-state index contributed by atoms with van der Waals surface area (Å²) < 4.78 is 5.07. The smallest absolute Gasteiger partial charge is 0.327 e. The molecule has 2 rings (SSSR count). The molecule has 21 heavy (non-hydrogen) atoms. The number of nitrogens with zero attached hydrogens (tertiary/aromatic N) is 1. The zero-order chi connectivity index (χ0) is 15.7. The van der Waals surface area contributed by atoms with Gasteiger partial charge in [-0.05, 0) is 13.3 Å². The SMILES string of the molecule is C#CCSC1C[C@@H]2[C@@H]([C@H](C)OC(C)=O)C(=O)N2C1C(=O)O. The third kappa shape index (κ3) is 2.72. The normalized spacial score (nSPS) is 31.9. The molecule has 0 bridgehead atoms. The van der Waals surface area contributed by atoms with E-state index in [1.54, 1.807) is 6.92 Å². The number of carboxylic acids is 1. The Balaban J connectivity index is 2.12. The topological polar surface area (TPSA) is 83.9 Å². The number of terminal acetylenes is 1. The first kappa shape index (κ1) is 15.7. The van der Waals surface area contributed by atoms with Crippen LogP contribution in [0.3, 0.4) is 0 Å². The summed E-state index contributed by atoms with van der Waals surface area (Å²) in [5.74, 6) is 0.712. The second-order valence-electron chi connectivity index (χ2n) is 5.23. The molecule has 2 saturated heterocycles. The number of fused-ring (bicyclic) bond motifs is 1. The Labute approximate surface area is 127 Å². The summed E-state index contributed by atoms with van der Waals surface area (Å²) in [5.41, 5.74) is 0. The molecule has 0 radical (unpaired) electrons. The summed E-state index contributed by atoms with van der Waals surface area (Å²) >= 11 is 1.38. The van der Waals surface area contributed by atoms with E-state index in [1.165, 1.54) is 23.6 Å². The lowest BCUT2D eigenvalue weighted by atomic mass is 9.84. The minimum Gasteiger partial charge on any atom is -0.480 e. The summed E-state index contributed by atoms with van der Waals surface area (Å²) in [6.07, 6.45) is 5.24. The second kappa shape index (κ2) is 5.98. The summed E-state index contributed by atoms with van der Waals surface area (Å²) in [5, 5.41) is 9.13. The second-order valence-corrected chi connectivity index (χ2v) is 6.45. The number of carboxylic acid groups (broad SMARTS) is 1. The molecule has 0 aliphatic carbocycles. The Morgan fingerprint density at radius 3 is 2.81 bits per heavy atom. The molecule has 2 heterocycles. The molecule has 0 aromatic heterocycles. The number of β-lactam (4-membered cyclic amide) rings is 1.